The van der Waals surface area contributed by atoms with Crippen LogP contribution in [0, 0.1) is 11.3 Å². The molecular formula is C24H24F3N3O4. The van der Waals surface area contributed by atoms with Crippen molar-refractivity contribution in [3.05, 3.63) is 59.2 Å². The molecule has 0 unspecified atom stereocenters. The van der Waals surface area contributed by atoms with Gasteiger partial charge in [0.2, 0.25) is 0 Å². The smallest absolute Gasteiger partial charge is 0.416 e. The predicted octanol–water partition coefficient (Wildman–Crippen LogP) is 4.55. The normalized spacial score (nSPS) is 11.5. The van der Waals surface area contributed by atoms with Gasteiger partial charge in [-0.15, -0.1) is 0 Å². The second-order valence-corrected chi connectivity index (χ2v) is 7.35. The maximum atomic E-state index is 12.8. The fourth-order valence-electron chi connectivity index (χ4n) is 2.77. The van der Waals surface area contributed by atoms with Gasteiger partial charge in [0.05, 0.1) is 12.2 Å². The van der Waals surface area contributed by atoms with E-state index in [2.05, 4.69) is 10.6 Å². The molecule has 10 heteroatoms. The van der Waals surface area contributed by atoms with Crippen LogP contribution in [0.1, 0.15) is 31.9 Å². The third-order valence-electron chi connectivity index (χ3n) is 4.20. The molecule has 0 aliphatic carbocycles. The van der Waals surface area contributed by atoms with E-state index in [4.69, 9.17) is 9.47 Å². The van der Waals surface area contributed by atoms with Crippen molar-refractivity contribution in [1.82, 2.24) is 5.32 Å². The van der Waals surface area contributed by atoms with Gasteiger partial charge in [-0.2, -0.15) is 18.4 Å². The Balaban J connectivity index is 2.12. The minimum Gasteiger partial charge on any atom is -0.490 e. The molecule has 0 atom stereocenters. The number of nitriles is 1. The zero-order valence-electron chi connectivity index (χ0n) is 18.8. The second kappa shape index (κ2) is 11.7. The number of hydrogen-bond donors (Lipinski definition) is 2. The molecule has 2 N–H and O–H groups in total. The first-order valence-corrected chi connectivity index (χ1v) is 10.3. The van der Waals surface area contributed by atoms with Crippen LogP contribution >= 0.6 is 0 Å². The van der Waals surface area contributed by atoms with Gasteiger partial charge in [0.15, 0.2) is 18.1 Å². The number of amides is 2. The average Bonchev–Trinajstić information content (AvgIpc) is 2.76. The summed E-state index contributed by atoms with van der Waals surface area (Å²) in [5.74, 6) is -0.696. The largest absolute Gasteiger partial charge is 0.490 e. The van der Waals surface area contributed by atoms with E-state index in [0.29, 0.717) is 5.56 Å². The number of nitrogens with zero attached hydrogens (tertiary/aromatic N) is 1. The van der Waals surface area contributed by atoms with Gasteiger partial charge >= 0.3 is 6.18 Å². The van der Waals surface area contributed by atoms with Crippen LogP contribution in [-0.2, 0) is 15.8 Å². The SMILES string of the molecule is CCOc1cc(/C=C(\C#N)C(=O)NC(C)C)ccc1OCC(=O)Nc1cccc(C(F)(F)F)c1. The molecule has 0 aliphatic rings. The maximum absolute atomic E-state index is 12.8. The van der Waals surface area contributed by atoms with Crippen molar-refractivity contribution in [1.29, 1.82) is 5.26 Å². The minimum absolute atomic E-state index is 0.0161. The summed E-state index contributed by atoms with van der Waals surface area (Å²) >= 11 is 0. The summed E-state index contributed by atoms with van der Waals surface area (Å²) in [6.45, 7) is 5.08. The highest BCUT2D eigenvalue weighted by Gasteiger charge is 2.30. The molecule has 0 saturated carbocycles. The van der Waals surface area contributed by atoms with E-state index in [0.717, 1.165) is 12.1 Å². The molecule has 2 aromatic rings. The lowest BCUT2D eigenvalue weighted by molar-refractivity contribution is -0.137. The van der Waals surface area contributed by atoms with Crippen molar-refractivity contribution >= 4 is 23.6 Å². The molecule has 0 aliphatic heterocycles. The third-order valence-corrected chi connectivity index (χ3v) is 4.20. The number of carbonyl (C=O) groups is 2. The molecule has 0 aromatic heterocycles. The predicted molar refractivity (Wildman–Crippen MR) is 120 cm³/mol. The van der Waals surface area contributed by atoms with E-state index in [1.165, 1.54) is 24.3 Å². The van der Waals surface area contributed by atoms with Crippen LogP contribution in [0.3, 0.4) is 0 Å². The van der Waals surface area contributed by atoms with Crippen molar-refractivity contribution in [2.75, 3.05) is 18.5 Å². The van der Waals surface area contributed by atoms with Crippen LogP contribution < -0.4 is 20.1 Å². The summed E-state index contributed by atoms with van der Waals surface area (Å²) in [4.78, 5) is 24.3. The van der Waals surface area contributed by atoms with Crippen LogP contribution in [0.4, 0.5) is 18.9 Å². The average molecular weight is 475 g/mol. The fourth-order valence-corrected chi connectivity index (χ4v) is 2.77. The zero-order valence-corrected chi connectivity index (χ0v) is 18.8. The summed E-state index contributed by atoms with van der Waals surface area (Å²) in [5, 5.41) is 14.3. The van der Waals surface area contributed by atoms with Gasteiger partial charge < -0.3 is 20.1 Å². The number of nitrogens with one attached hydrogen (secondary N) is 2. The molecule has 0 fully saturated rings. The Hall–Kier alpha value is -4.00. The standard InChI is InChI=1S/C24H24F3N3O4/c1-4-33-21-11-16(10-17(13-28)23(32)29-15(2)3)8-9-20(21)34-14-22(31)30-19-7-5-6-18(12-19)24(25,26)27/h5-12,15H,4,14H2,1-3H3,(H,29,32)(H,30,31)/b17-10+. The summed E-state index contributed by atoms with van der Waals surface area (Å²) in [5.41, 5.74) is -0.491. The number of benzene rings is 2. The molecule has 2 aromatic carbocycles. The Bertz CT molecular complexity index is 1110. The molecule has 180 valence electrons. The number of halogens is 3. The van der Waals surface area contributed by atoms with E-state index in [1.54, 1.807) is 32.9 Å². The second-order valence-electron chi connectivity index (χ2n) is 7.35. The highest BCUT2D eigenvalue weighted by Crippen LogP contribution is 2.31. The molecule has 2 amide bonds. The van der Waals surface area contributed by atoms with Crippen molar-refractivity contribution in [2.24, 2.45) is 0 Å². The molecule has 0 heterocycles. The van der Waals surface area contributed by atoms with E-state index in [-0.39, 0.29) is 35.4 Å². The summed E-state index contributed by atoms with van der Waals surface area (Å²) in [6.07, 6.45) is -3.13. The lowest BCUT2D eigenvalue weighted by Crippen LogP contribution is -2.30. The number of alkyl halides is 3. The molecule has 0 radical (unpaired) electrons. The molecule has 0 spiro atoms. The van der Waals surface area contributed by atoms with Gasteiger partial charge in [-0.25, -0.2) is 0 Å². The lowest BCUT2D eigenvalue weighted by Gasteiger charge is -2.13. The Morgan fingerprint density at radius 1 is 1.12 bits per heavy atom. The Labute approximate surface area is 195 Å². The van der Waals surface area contributed by atoms with Gasteiger partial charge in [-0.05, 0) is 62.7 Å². The van der Waals surface area contributed by atoms with Crippen molar-refractivity contribution in [3.63, 3.8) is 0 Å². The summed E-state index contributed by atoms with van der Waals surface area (Å²) in [7, 11) is 0. The van der Waals surface area contributed by atoms with Crippen molar-refractivity contribution < 1.29 is 32.2 Å². The van der Waals surface area contributed by atoms with Crippen LogP contribution in [0.25, 0.3) is 6.08 Å². The molecule has 2 rings (SSSR count). The quantitative estimate of drug-likeness (QED) is 0.409. The van der Waals surface area contributed by atoms with Gasteiger partial charge in [0.1, 0.15) is 11.6 Å². The Kier molecular flexibility index (Phi) is 9.07. The number of hydrogen-bond acceptors (Lipinski definition) is 5. The van der Waals surface area contributed by atoms with Crippen LogP contribution in [0.2, 0.25) is 0 Å². The monoisotopic (exact) mass is 475 g/mol. The van der Waals surface area contributed by atoms with Crippen LogP contribution in [0.15, 0.2) is 48.0 Å². The van der Waals surface area contributed by atoms with E-state index < -0.39 is 30.2 Å². The summed E-state index contributed by atoms with van der Waals surface area (Å²) < 4.78 is 49.5. The van der Waals surface area contributed by atoms with Crippen LogP contribution in [-0.4, -0.2) is 31.1 Å². The van der Waals surface area contributed by atoms with E-state index in [1.807, 2.05) is 6.07 Å². The number of rotatable bonds is 9. The molecule has 34 heavy (non-hydrogen) atoms. The van der Waals surface area contributed by atoms with Crippen molar-refractivity contribution in [3.8, 4) is 17.6 Å². The minimum atomic E-state index is -4.53. The first-order valence-electron chi connectivity index (χ1n) is 10.3. The van der Waals surface area contributed by atoms with Crippen LogP contribution in [0.5, 0.6) is 11.5 Å². The molecule has 0 bridgehead atoms. The van der Waals surface area contributed by atoms with E-state index in [9.17, 15) is 28.0 Å². The topological polar surface area (TPSA) is 100 Å². The molecular weight excluding hydrogens is 451 g/mol. The first kappa shape index (κ1) is 26.3. The highest BCUT2D eigenvalue weighted by atomic mass is 19.4. The van der Waals surface area contributed by atoms with Gasteiger partial charge in [0.25, 0.3) is 11.8 Å². The van der Waals surface area contributed by atoms with Crippen molar-refractivity contribution in [2.45, 2.75) is 33.0 Å². The zero-order chi connectivity index (χ0) is 25.3. The number of anilines is 1. The first-order chi connectivity index (χ1) is 16.0. The number of ether oxygens (including phenoxy) is 2. The summed E-state index contributed by atoms with van der Waals surface area (Å²) in [6, 6.07) is 10.6. The maximum Gasteiger partial charge on any atom is 0.416 e. The lowest BCUT2D eigenvalue weighted by atomic mass is 10.1. The Morgan fingerprint density at radius 3 is 2.47 bits per heavy atom. The highest BCUT2D eigenvalue weighted by molar-refractivity contribution is 6.01. The van der Waals surface area contributed by atoms with E-state index >= 15 is 0 Å². The van der Waals surface area contributed by atoms with Gasteiger partial charge in [-0.3, -0.25) is 9.59 Å². The third kappa shape index (κ3) is 7.85. The molecule has 0 saturated heterocycles. The van der Waals surface area contributed by atoms with Gasteiger partial charge in [0, 0.05) is 11.7 Å². The number of carbonyl (C=O) groups excluding carboxylic acids is 2. The van der Waals surface area contributed by atoms with Gasteiger partial charge in [-0.1, -0.05) is 12.1 Å². The molecule has 7 nitrogen and oxygen atoms in total. The fraction of sp³-hybridized carbons (Fsp3) is 0.292. The Morgan fingerprint density at radius 2 is 1.85 bits per heavy atom.